The second-order valence-electron chi connectivity index (χ2n) is 12.5. The molecule has 9 heteroatoms. The number of amides is 1. The van der Waals surface area contributed by atoms with E-state index >= 15 is 0 Å². The third-order valence-corrected chi connectivity index (χ3v) is 9.97. The summed E-state index contributed by atoms with van der Waals surface area (Å²) in [6.07, 6.45) is 4.66. The Hall–Kier alpha value is -2.68. The topological polar surface area (TPSA) is 61.4 Å². The van der Waals surface area contributed by atoms with Gasteiger partial charge in [-0.2, -0.15) is 13.2 Å². The van der Waals surface area contributed by atoms with Crippen molar-refractivity contribution in [1.82, 2.24) is 19.8 Å². The maximum Gasteiger partial charge on any atom is 0.419 e. The van der Waals surface area contributed by atoms with Gasteiger partial charge in [0, 0.05) is 30.5 Å². The Morgan fingerprint density at radius 1 is 1.03 bits per heavy atom. The lowest BCUT2D eigenvalue weighted by Gasteiger charge is -2.54. The van der Waals surface area contributed by atoms with E-state index in [9.17, 15) is 18.0 Å². The minimum absolute atomic E-state index is 0.0279. The number of nitrogens with zero attached hydrogens (tertiary/aromatic N) is 4. The zero-order valence-electron chi connectivity index (χ0n) is 22.8. The maximum absolute atomic E-state index is 13.9. The van der Waals surface area contributed by atoms with E-state index in [-0.39, 0.29) is 29.5 Å². The normalized spacial score (nSPS) is 29.0. The standard InChI is InChI=1S/C30H38F3N5O/c1-37-9-7-24(8-10-37)38(2)28(39)20-3-5-23(6-4-20)35-29-34-17-26(30(31,32)33)27(36-29)16-25-21-12-18-11-19(14-21)15-22(25)13-18/h3-6,17-19,21-22,24-25H,7-16H2,1-2H3,(H,34,35,36). The molecule has 2 aromatic rings. The van der Waals surface area contributed by atoms with Crippen LogP contribution in [0.5, 0.6) is 0 Å². The Morgan fingerprint density at radius 3 is 2.23 bits per heavy atom. The Kier molecular flexibility index (Phi) is 7.06. The van der Waals surface area contributed by atoms with Crippen LogP contribution in [-0.2, 0) is 12.6 Å². The Balaban J connectivity index is 1.16. The summed E-state index contributed by atoms with van der Waals surface area (Å²) in [6, 6.07) is 7.23. The smallest absolute Gasteiger partial charge is 0.339 e. The van der Waals surface area contributed by atoms with E-state index in [1.54, 1.807) is 24.3 Å². The molecule has 1 N–H and O–H groups in total. The molecule has 0 atom stereocenters. The fourth-order valence-corrected chi connectivity index (χ4v) is 8.04. The first-order valence-corrected chi connectivity index (χ1v) is 14.4. The minimum atomic E-state index is -4.48. The molecule has 0 spiro atoms. The lowest BCUT2D eigenvalue weighted by Crippen LogP contribution is -2.46. The summed E-state index contributed by atoms with van der Waals surface area (Å²) in [5.74, 6) is 2.98. The summed E-state index contributed by atoms with van der Waals surface area (Å²) in [4.78, 5) is 25.6. The van der Waals surface area contributed by atoms with Gasteiger partial charge in [-0.1, -0.05) is 0 Å². The van der Waals surface area contributed by atoms with Gasteiger partial charge in [0.1, 0.15) is 0 Å². The second kappa shape index (κ2) is 10.4. The number of aromatic nitrogens is 2. The molecule has 39 heavy (non-hydrogen) atoms. The largest absolute Gasteiger partial charge is 0.419 e. The van der Waals surface area contributed by atoms with E-state index in [4.69, 9.17) is 0 Å². The number of piperidine rings is 1. The van der Waals surface area contributed by atoms with E-state index in [2.05, 4.69) is 27.2 Å². The highest BCUT2D eigenvalue weighted by Gasteiger charge is 2.49. The second-order valence-corrected chi connectivity index (χ2v) is 12.5. The molecule has 4 bridgehead atoms. The summed E-state index contributed by atoms with van der Waals surface area (Å²) in [7, 11) is 3.95. The molecule has 6 nitrogen and oxygen atoms in total. The van der Waals surface area contributed by atoms with Gasteiger partial charge in [0.2, 0.25) is 5.95 Å². The summed E-state index contributed by atoms with van der Waals surface area (Å²) in [5.41, 5.74) is 0.593. The van der Waals surface area contributed by atoms with Gasteiger partial charge in [0.25, 0.3) is 5.91 Å². The van der Waals surface area contributed by atoms with Crippen molar-refractivity contribution in [3.63, 3.8) is 0 Å². The van der Waals surface area contributed by atoms with Crippen molar-refractivity contribution in [3.8, 4) is 0 Å². The predicted octanol–water partition coefficient (Wildman–Crippen LogP) is 6.02. The number of carbonyl (C=O) groups excluding carboxylic acids is 1. The van der Waals surface area contributed by atoms with Crippen LogP contribution in [0.4, 0.5) is 24.8 Å². The number of likely N-dealkylation sites (tertiary alicyclic amines) is 1. The first kappa shape index (κ1) is 26.5. The van der Waals surface area contributed by atoms with E-state index in [0.717, 1.165) is 69.6 Å². The highest BCUT2D eigenvalue weighted by molar-refractivity contribution is 5.94. The quantitative estimate of drug-likeness (QED) is 0.485. The van der Waals surface area contributed by atoms with Gasteiger partial charge in [0.15, 0.2) is 0 Å². The number of carbonyl (C=O) groups is 1. The number of hydrogen-bond acceptors (Lipinski definition) is 5. The van der Waals surface area contributed by atoms with Crippen molar-refractivity contribution in [2.24, 2.45) is 29.6 Å². The van der Waals surface area contributed by atoms with Crippen molar-refractivity contribution < 1.29 is 18.0 Å². The van der Waals surface area contributed by atoms with Gasteiger partial charge in [0.05, 0.1) is 11.3 Å². The molecular weight excluding hydrogens is 503 g/mol. The van der Waals surface area contributed by atoms with Crippen molar-refractivity contribution in [1.29, 1.82) is 0 Å². The van der Waals surface area contributed by atoms with E-state index in [1.807, 2.05) is 11.9 Å². The summed E-state index contributed by atoms with van der Waals surface area (Å²) >= 11 is 0. The van der Waals surface area contributed by atoms with Gasteiger partial charge in [-0.3, -0.25) is 4.79 Å². The molecule has 4 saturated carbocycles. The van der Waals surface area contributed by atoms with Gasteiger partial charge >= 0.3 is 6.18 Å². The third kappa shape index (κ3) is 5.52. The molecule has 0 radical (unpaired) electrons. The summed E-state index contributed by atoms with van der Waals surface area (Å²) < 4.78 is 41.8. The van der Waals surface area contributed by atoms with Gasteiger partial charge in [-0.05, 0) is 125 Å². The van der Waals surface area contributed by atoms with Gasteiger partial charge in [-0.25, -0.2) is 9.97 Å². The molecule has 7 rings (SSSR count). The highest BCUT2D eigenvalue weighted by atomic mass is 19.4. The first-order valence-electron chi connectivity index (χ1n) is 14.4. The fourth-order valence-electron chi connectivity index (χ4n) is 8.04. The van der Waals surface area contributed by atoms with E-state index in [0.29, 0.717) is 29.5 Å². The number of hydrogen-bond donors (Lipinski definition) is 1. The van der Waals surface area contributed by atoms with Crippen molar-refractivity contribution >= 4 is 17.5 Å². The molecule has 210 valence electrons. The highest BCUT2D eigenvalue weighted by Crippen LogP contribution is 2.57. The molecule has 1 aromatic heterocycles. The number of halogens is 3. The summed E-state index contributed by atoms with van der Waals surface area (Å²) in [6.45, 7) is 1.95. The average molecular weight is 542 g/mol. The minimum Gasteiger partial charge on any atom is -0.339 e. The van der Waals surface area contributed by atoms with Crippen LogP contribution >= 0.6 is 0 Å². The van der Waals surface area contributed by atoms with Crippen molar-refractivity contribution in [3.05, 3.63) is 47.3 Å². The van der Waals surface area contributed by atoms with Gasteiger partial charge < -0.3 is 15.1 Å². The molecular formula is C30H38F3N5O. The SMILES string of the molecule is CN1CCC(N(C)C(=O)c2ccc(Nc3ncc(C(F)(F)F)c(CC4C5CC6CC(C5)CC4C6)n3)cc2)CC1. The monoisotopic (exact) mass is 541 g/mol. The number of rotatable bonds is 6. The zero-order valence-corrected chi connectivity index (χ0v) is 22.8. The predicted molar refractivity (Wildman–Crippen MR) is 144 cm³/mol. The van der Waals surface area contributed by atoms with Crippen molar-refractivity contribution in [2.45, 2.75) is 63.6 Å². The van der Waals surface area contributed by atoms with Gasteiger partial charge in [-0.15, -0.1) is 0 Å². The molecule has 1 amide bonds. The molecule has 2 heterocycles. The molecule has 0 unspecified atom stereocenters. The Bertz CT molecular complexity index is 1160. The van der Waals surface area contributed by atoms with Crippen LogP contribution in [0.25, 0.3) is 0 Å². The number of nitrogens with one attached hydrogen (secondary N) is 1. The van der Waals surface area contributed by atoms with E-state index < -0.39 is 11.7 Å². The van der Waals surface area contributed by atoms with Crippen molar-refractivity contribution in [2.75, 3.05) is 32.5 Å². The first-order chi connectivity index (χ1) is 18.6. The van der Waals surface area contributed by atoms with Crippen LogP contribution in [0.2, 0.25) is 0 Å². The van der Waals surface area contributed by atoms with E-state index in [1.165, 1.54) is 6.42 Å². The van der Waals surface area contributed by atoms with Crippen LogP contribution in [0.1, 0.15) is 66.6 Å². The fraction of sp³-hybridized carbons (Fsp3) is 0.633. The molecule has 5 aliphatic rings. The average Bonchev–Trinajstić information content (AvgIpc) is 2.90. The molecule has 5 fully saturated rings. The number of benzene rings is 1. The van der Waals surface area contributed by atoms with Crippen LogP contribution < -0.4 is 5.32 Å². The van der Waals surface area contributed by atoms with Crippen LogP contribution in [0.15, 0.2) is 30.5 Å². The lowest BCUT2D eigenvalue weighted by molar-refractivity contribution is -0.139. The maximum atomic E-state index is 13.9. The molecule has 1 aliphatic heterocycles. The lowest BCUT2D eigenvalue weighted by atomic mass is 9.51. The van der Waals surface area contributed by atoms with Crippen LogP contribution in [-0.4, -0.2) is 58.9 Å². The third-order valence-electron chi connectivity index (χ3n) is 9.97. The van der Waals surface area contributed by atoms with Crippen LogP contribution in [0, 0.1) is 29.6 Å². The molecule has 1 aromatic carbocycles. The zero-order chi connectivity index (χ0) is 27.3. The summed E-state index contributed by atoms with van der Waals surface area (Å²) in [5, 5.41) is 3.07. The molecule has 1 saturated heterocycles. The molecule has 4 aliphatic carbocycles. The number of anilines is 2. The Labute approximate surface area is 228 Å². The van der Waals surface area contributed by atoms with Crippen LogP contribution in [0.3, 0.4) is 0 Å². The Morgan fingerprint density at radius 2 is 1.64 bits per heavy atom. The number of alkyl halides is 3.